The molecule has 0 aromatic heterocycles. The zero-order chi connectivity index (χ0) is 10.4. The van der Waals surface area contributed by atoms with Crippen molar-refractivity contribution in [3.05, 3.63) is 30.3 Å². The van der Waals surface area contributed by atoms with E-state index in [2.05, 4.69) is 44.2 Å². The second kappa shape index (κ2) is 5.57. The maximum Gasteiger partial charge on any atom is 0.0873 e. The molecule has 0 N–H and O–H groups in total. The van der Waals surface area contributed by atoms with Crippen LogP contribution < -0.4 is 5.19 Å². The summed E-state index contributed by atoms with van der Waals surface area (Å²) in [5.74, 6) is 0.808. The summed E-state index contributed by atoms with van der Waals surface area (Å²) in [6, 6.07) is 14.8. The lowest BCUT2D eigenvalue weighted by Crippen LogP contribution is -2.46. The van der Waals surface area contributed by atoms with Crippen LogP contribution in [0.15, 0.2) is 30.3 Å². The van der Waals surface area contributed by atoms with E-state index in [4.69, 9.17) is 11.6 Å². The fourth-order valence-corrected chi connectivity index (χ4v) is 6.79. The maximum absolute atomic E-state index is 5.93. The molecule has 0 saturated carbocycles. The smallest absolute Gasteiger partial charge is 0.0873 e. The molecule has 0 spiro atoms. The fourth-order valence-electron chi connectivity index (χ4n) is 2.13. The lowest BCUT2D eigenvalue weighted by atomic mass is 10.4. The minimum Gasteiger partial charge on any atom is -0.127 e. The van der Waals surface area contributed by atoms with Crippen LogP contribution in [0, 0.1) is 0 Å². The van der Waals surface area contributed by atoms with E-state index < -0.39 is 8.07 Å². The Kier molecular flexibility index (Phi) is 4.69. The maximum atomic E-state index is 5.93. The van der Waals surface area contributed by atoms with Gasteiger partial charge in [0.1, 0.15) is 0 Å². The molecule has 0 fully saturated rings. The average molecular weight is 227 g/mol. The largest absolute Gasteiger partial charge is 0.127 e. The number of halogens is 1. The van der Waals surface area contributed by atoms with E-state index in [0.717, 1.165) is 5.88 Å². The number of benzene rings is 1. The van der Waals surface area contributed by atoms with Crippen molar-refractivity contribution in [2.24, 2.45) is 0 Å². The molecule has 0 aliphatic carbocycles. The monoisotopic (exact) mass is 226 g/mol. The topological polar surface area (TPSA) is 0 Å². The second-order valence-electron chi connectivity index (χ2n) is 3.79. The lowest BCUT2D eigenvalue weighted by Gasteiger charge is -2.29. The molecule has 0 aliphatic rings. The van der Waals surface area contributed by atoms with Crippen molar-refractivity contribution < 1.29 is 0 Å². The number of hydrogen-bond acceptors (Lipinski definition) is 0. The zero-order valence-electron chi connectivity index (χ0n) is 9.09. The quantitative estimate of drug-likeness (QED) is 0.532. The highest BCUT2D eigenvalue weighted by molar-refractivity contribution is 6.92. The normalized spacial score (nSPS) is 11.6. The molecule has 0 atom stereocenters. The molecule has 0 nitrogen and oxygen atoms in total. The first-order valence-electron chi connectivity index (χ1n) is 5.40. The van der Waals surface area contributed by atoms with E-state index in [1.807, 2.05) is 0 Å². The molecule has 0 unspecified atom stereocenters. The first-order valence-corrected chi connectivity index (χ1v) is 8.56. The van der Waals surface area contributed by atoms with Gasteiger partial charge in [-0.2, -0.15) is 0 Å². The summed E-state index contributed by atoms with van der Waals surface area (Å²) in [6.07, 6.45) is 0. The molecule has 1 rings (SSSR count). The zero-order valence-corrected chi connectivity index (χ0v) is 10.8. The Morgan fingerprint density at radius 2 is 1.64 bits per heavy atom. The highest BCUT2D eigenvalue weighted by Gasteiger charge is 2.29. The van der Waals surface area contributed by atoms with E-state index in [1.165, 1.54) is 18.1 Å². The Balaban J connectivity index is 2.98. The Morgan fingerprint density at radius 1 is 1.07 bits per heavy atom. The fraction of sp³-hybridized carbons (Fsp3) is 0.500. The van der Waals surface area contributed by atoms with Crippen molar-refractivity contribution in [1.29, 1.82) is 0 Å². The second-order valence-corrected chi connectivity index (χ2v) is 9.22. The Bertz CT molecular complexity index is 254. The summed E-state index contributed by atoms with van der Waals surface area (Å²) >= 11 is 5.93. The summed E-state index contributed by atoms with van der Waals surface area (Å²) in [7, 11) is -1.25. The molecule has 0 saturated heterocycles. The highest BCUT2D eigenvalue weighted by Crippen LogP contribution is 2.20. The van der Waals surface area contributed by atoms with Crippen LogP contribution in [0.4, 0.5) is 0 Å². The van der Waals surface area contributed by atoms with Crippen molar-refractivity contribution in [3.63, 3.8) is 0 Å². The van der Waals surface area contributed by atoms with Crippen molar-refractivity contribution in [3.8, 4) is 0 Å². The van der Waals surface area contributed by atoms with Gasteiger partial charge in [0.15, 0.2) is 0 Å². The van der Waals surface area contributed by atoms with E-state index in [-0.39, 0.29) is 0 Å². The molecule has 78 valence electrons. The van der Waals surface area contributed by atoms with Gasteiger partial charge in [0, 0.05) is 5.88 Å². The van der Waals surface area contributed by atoms with Crippen LogP contribution in [-0.4, -0.2) is 14.0 Å². The van der Waals surface area contributed by atoms with Gasteiger partial charge in [0.2, 0.25) is 0 Å². The minimum atomic E-state index is -1.25. The Morgan fingerprint density at radius 3 is 2.07 bits per heavy atom. The van der Waals surface area contributed by atoms with E-state index in [1.54, 1.807) is 5.19 Å². The first kappa shape index (κ1) is 11.8. The number of rotatable bonds is 5. The third kappa shape index (κ3) is 2.40. The van der Waals surface area contributed by atoms with Crippen LogP contribution in [0.1, 0.15) is 13.8 Å². The van der Waals surface area contributed by atoms with Crippen molar-refractivity contribution in [2.75, 3.05) is 5.88 Å². The lowest BCUT2D eigenvalue weighted by molar-refractivity contribution is 1.20. The van der Waals surface area contributed by atoms with Crippen molar-refractivity contribution >= 4 is 24.9 Å². The van der Waals surface area contributed by atoms with Gasteiger partial charge in [-0.3, -0.25) is 0 Å². The van der Waals surface area contributed by atoms with Gasteiger partial charge in [0.25, 0.3) is 0 Å². The van der Waals surface area contributed by atoms with Crippen LogP contribution in [0.2, 0.25) is 18.1 Å². The summed E-state index contributed by atoms with van der Waals surface area (Å²) in [6.45, 7) is 4.63. The van der Waals surface area contributed by atoms with Crippen molar-refractivity contribution in [2.45, 2.75) is 32.0 Å². The molecule has 0 bridgehead atoms. The van der Waals surface area contributed by atoms with Crippen molar-refractivity contribution in [1.82, 2.24) is 0 Å². The predicted molar refractivity (Wildman–Crippen MR) is 68.3 cm³/mol. The molecule has 1 aromatic carbocycles. The minimum absolute atomic E-state index is 0.808. The van der Waals surface area contributed by atoms with Gasteiger partial charge in [-0.05, 0) is 6.04 Å². The highest BCUT2D eigenvalue weighted by atomic mass is 35.5. The standard InChI is InChI=1S/C12H19ClSi/c1-3-14(4-2,11-10-13)12-8-6-5-7-9-12/h5-9H,3-4,10-11H2,1-2H3. The molecule has 0 radical (unpaired) electrons. The van der Waals surface area contributed by atoms with Gasteiger partial charge in [-0.1, -0.05) is 61.5 Å². The average Bonchev–Trinajstić information content (AvgIpc) is 2.27. The molecule has 1 aromatic rings. The van der Waals surface area contributed by atoms with Crippen LogP contribution in [0.25, 0.3) is 0 Å². The predicted octanol–water partition coefficient (Wildman–Crippen LogP) is 3.62. The number of hydrogen-bond donors (Lipinski definition) is 0. The summed E-state index contributed by atoms with van der Waals surface area (Å²) in [5, 5.41) is 1.57. The molecular formula is C12H19ClSi. The van der Waals surface area contributed by atoms with E-state index in [9.17, 15) is 0 Å². The molecule has 0 heterocycles. The van der Waals surface area contributed by atoms with Gasteiger partial charge in [-0.15, -0.1) is 11.6 Å². The van der Waals surface area contributed by atoms with Crippen LogP contribution >= 0.6 is 11.6 Å². The Hall–Kier alpha value is -0.273. The SMILES string of the molecule is CC[Si](CC)(CCCl)c1ccccc1. The summed E-state index contributed by atoms with van der Waals surface area (Å²) in [5.41, 5.74) is 0. The number of alkyl halides is 1. The van der Waals surface area contributed by atoms with Crippen LogP contribution in [0.3, 0.4) is 0 Å². The molecule has 0 amide bonds. The van der Waals surface area contributed by atoms with E-state index >= 15 is 0 Å². The molecule has 0 aliphatic heterocycles. The van der Waals surface area contributed by atoms with E-state index in [0.29, 0.717) is 0 Å². The third-order valence-corrected chi connectivity index (χ3v) is 9.29. The van der Waals surface area contributed by atoms with Crippen LogP contribution in [-0.2, 0) is 0 Å². The van der Waals surface area contributed by atoms with Gasteiger partial charge in [0.05, 0.1) is 8.07 Å². The summed E-state index contributed by atoms with van der Waals surface area (Å²) < 4.78 is 0. The van der Waals surface area contributed by atoms with Crippen LogP contribution in [0.5, 0.6) is 0 Å². The first-order chi connectivity index (χ1) is 6.79. The van der Waals surface area contributed by atoms with Gasteiger partial charge >= 0.3 is 0 Å². The Labute approximate surface area is 93.3 Å². The van der Waals surface area contributed by atoms with Gasteiger partial charge < -0.3 is 0 Å². The third-order valence-electron chi connectivity index (χ3n) is 3.31. The molecule has 14 heavy (non-hydrogen) atoms. The van der Waals surface area contributed by atoms with Gasteiger partial charge in [-0.25, -0.2) is 0 Å². The molecule has 2 heteroatoms. The summed E-state index contributed by atoms with van der Waals surface area (Å²) in [4.78, 5) is 0. The molecular weight excluding hydrogens is 208 g/mol.